The second kappa shape index (κ2) is 5.22. The van der Waals surface area contributed by atoms with Crippen LogP contribution in [0.5, 0.6) is 0 Å². The lowest BCUT2D eigenvalue weighted by atomic mass is 10.1. The third kappa shape index (κ3) is 4.27. The van der Waals surface area contributed by atoms with Gasteiger partial charge in [-0.3, -0.25) is 4.79 Å². The summed E-state index contributed by atoms with van der Waals surface area (Å²) in [5.41, 5.74) is 5.52. The molecule has 1 aliphatic carbocycles. The second-order valence-electron chi connectivity index (χ2n) is 4.14. The Morgan fingerprint density at radius 3 is 2.69 bits per heavy atom. The molecule has 1 fully saturated rings. The number of rotatable bonds is 4. The van der Waals surface area contributed by atoms with Crippen LogP contribution in [0.3, 0.4) is 0 Å². The molecule has 1 saturated carbocycles. The topological polar surface area (TPSA) is 55.1 Å². The molecule has 0 aromatic carbocycles. The van der Waals surface area contributed by atoms with E-state index >= 15 is 0 Å². The molecule has 0 aromatic heterocycles. The molecular weight excluding hydrogens is 164 g/mol. The standard InChI is InChI=1S/C10H20N2O/c1-8(11)6-10(13)12-7-9-4-2-3-5-9/h8-9H,2-7,11H2,1H3,(H,12,13). The summed E-state index contributed by atoms with van der Waals surface area (Å²) in [4.78, 5) is 11.2. The number of nitrogens with two attached hydrogens (primary N) is 1. The average molecular weight is 184 g/mol. The van der Waals surface area contributed by atoms with Crippen molar-refractivity contribution >= 4 is 5.91 Å². The van der Waals surface area contributed by atoms with Gasteiger partial charge in [0.15, 0.2) is 0 Å². The van der Waals surface area contributed by atoms with E-state index < -0.39 is 0 Å². The maximum Gasteiger partial charge on any atom is 0.221 e. The number of amides is 1. The van der Waals surface area contributed by atoms with Crippen LogP contribution in [0, 0.1) is 5.92 Å². The van der Waals surface area contributed by atoms with E-state index in [1.807, 2.05) is 6.92 Å². The minimum atomic E-state index is -0.0245. The van der Waals surface area contributed by atoms with E-state index in [2.05, 4.69) is 5.32 Å². The summed E-state index contributed by atoms with van der Waals surface area (Å²) in [7, 11) is 0. The third-order valence-electron chi connectivity index (χ3n) is 2.57. The van der Waals surface area contributed by atoms with Gasteiger partial charge in [-0.15, -0.1) is 0 Å². The van der Waals surface area contributed by atoms with Crippen molar-refractivity contribution in [3.05, 3.63) is 0 Å². The van der Waals surface area contributed by atoms with Crippen molar-refractivity contribution in [2.45, 2.75) is 45.1 Å². The number of nitrogens with one attached hydrogen (secondary N) is 1. The summed E-state index contributed by atoms with van der Waals surface area (Å²) < 4.78 is 0. The molecule has 3 nitrogen and oxygen atoms in total. The fourth-order valence-corrected chi connectivity index (χ4v) is 1.84. The zero-order valence-electron chi connectivity index (χ0n) is 8.38. The highest BCUT2D eigenvalue weighted by atomic mass is 16.1. The van der Waals surface area contributed by atoms with E-state index in [4.69, 9.17) is 5.73 Å². The van der Waals surface area contributed by atoms with Crippen molar-refractivity contribution in [2.24, 2.45) is 11.7 Å². The molecule has 1 rings (SSSR count). The Morgan fingerprint density at radius 2 is 2.15 bits per heavy atom. The Balaban J connectivity index is 2.07. The Labute approximate surface area is 80.1 Å². The molecule has 1 aliphatic rings. The molecule has 3 heteroatoms. The monoisotopic (exact) mass is 184 g/mol. The van der Waals surface area contributed by atoms with Gasteiger partial charge in [-0.1, -0.05) is 12.8 Å². The Hall–Kier alpha value is -0.570. The molecular formula is C10H20N2O. The first kappa shape index (κ1) is 10.5. The Bertz CT molecular complexity index is 162. The quantitative estimate of drug-likeness (QED) is 0.685. The lowest BCUT2D eigenvalue weighted by molar-refractivity contribution is -0.121. The summed E-state index contributed by atoms with van der Waals surface area (Å²) in [6.07, 6.45) is 5.66. The molecule has 13 heavy (non-hydrogen) atoms. The minimum absolute atomic E-state index is 0.0245. The van der Waals surface area contributed by atoms with Gasteiger partial charge in [0.2, 0.25) is 5.91 Å². The smallest absolute Gasteiger partial charge is 0.221 e. The fourth-order valence-electron chi connectivity index (χ4n) is 1.84. The highest BCUT2D eigenvalue weighted by molar-refractivity contribution is 5.76. The lowest BCUT2D eigenvalue weighted by Gasteiger charge is -2.11. The summed E-state index contributed by atoms with van der Waals surface area (Å²) in [5.74, 6) is 0.818. The van der Waals surface area contributed by atoms with Crippen LogP contribution < -0.4 is 11.1 Å². The predicted octanol–water partition coefficient (Wildman–Crippen LogP) is 1.03. The molecule has 0 radical (unpaired) electrons. The van der Waals surface area contributed by atoms with Crippen LogP contribution in [0.25, 0.3) is 0 Å². The first-order valence-corrected chi connectivity index (χ1v) is 5.20. The van der Waals surface area contributed by atoms with Gasteiger partial charge in [0.25, 0.3) is 0 Å². The van der Waals surface area contributed by atoms with E-state index in [0.717, 1.165) is 12.5 Å². The Morgan fingerprint density at radius 1 is 1.54 bits per heavy atom. The van der Waals surface area contributed by atoms with Crippen LogP contribution >= 0.6 is 0 Å². The number of hydrogen-bond donors (Lipinski definition) is 2. The van der Waals surface area contributed by atoms with E-state index in [9.17, 15) is 4.79 Å². The van der Waals surface area contributed by atoms with Crippen molar-refractivity contribution in [1.82, 2.24) is 5.32 Å². The van der Waals surface area contributed by atoms with Crippen molar-refractivity contribution in [3.63, 3.8) is 0 Å². The van der Waals surface area contributed by atoms with Crippen LogP contribution in [-0.4, -0.2) is 18.5 Å². The van der Waals surface area contributed by atoms with Gasteiger partial charge in [0.1, 0.15) is 0 Å². The molecule has 0 bridgehead atoms. The average Bonchev–Trinajstić information content (AvgIpc) is 2.51. The molecule has 0 aromatic rings. The summed E-state index contributed by atoms with van der Waals surface area (Å²) >= 11 is 0. The molecule has 0 saturated heterocycles. The minimum Gasteiger partial charge on any atom is -0.356 e. The van der Waals surface area contributed by atoms with Gasteiger partial charge in [-0.2, -0.15) is 0 Å². The van der Waals surface area contributed by atoms with Crippen LogP contribution in [-0.2, 0) is 4.79 Å². The lowest BCUT2D eigenvalue weighted by Crippen LogP contribution is -2.32. The van der Waals surface area contributed by atoms with E-state index in [0.29, 0.717) is 6.42 Å². The fraction of sp³-hybridized carbons (Fsp3) is 0.900. The maximum absolute atomic E-state index is 11.2. The number of hydrogen-bond acceptors (Lipinski definition) is 2. The van der Waals surface area contributed by atoms with Gasteiger partial charge in [0.05, 0.1) is 0 Å². The van der Waals surface area contributed by atoms with Crippen LogP contribution in [0.1, 0.15) is 39.0 Å². The van der Waals surface area contributed by atoms with Gasteiger partial charge in [0, 0.05) is 19.0 Å². The largest absolute Gasteiger partial charge is 0.356 e. The van der Waals surface area contributed by atoms with Crippen molar-refractivity contribution in [3.8, 4) is 0 Å². The molecule has 1 unspecified atom stereocenters. The van der Waals surface area contributed by atoms with Gasteiger partial charge >= 0.3 is 0 Å². The number of carbonyl (C=O) groups excluding carboxylic acids is 1. The van der Waals surface area contributed by atoms with Crippen molar-refractivity contribution < 1.29 is 4.79 Å². The van der Waals surface area contributed by atoms with Crippen LogP contribution in [0.4, 0.5) is 0 Å². The van der Waals surface area contributed by atoms with Gasteiger partial charge in [-0.05, 0) is 25.7 Å². The van der Waals surface area contributed by atoms with Crippen molar-refractivity contribution in [2.75, 3.05) is 6.54 Å². The SMILES string of the molecule is CC(N)CC(=O)NCC1CCCC1. The molecule has 0 aliphatic heterocycles. The first-order chi connectivity index (χ1) is 6.18. The van der Waals surface area contributed by atoms with E-state index in [-0.39, 0.29) is 11.9 Å². The molecule has 1 amide bonds. The highest BCUT2D eigenvalue weighted by Gasteiger charge is 2.15. The Kier molecular flexibility index (Phi) is 4.22. The summed E-state index contributed by atoms with van der Waals surface area (Å²) in [6, 6.07) is -0.0245. The summed E-state index contributed by atoms with van der Waals surface area (Å²) in [6.45, 7) is 2.71. The molecule has 1 atom stereocenters. The number of carbonyl (C=O) groups is 1. The van der Waals surface area contributed by atoms with E-state index in [1.165, 1.54) is 25.7 Å². The highest BCUT2D eigenvalue weighted by Crippen LogP contribution is 2.23. The zero-order chi connectivity index (χ0) is 9.68. The van der Waals surface area contributed by atoms with Gasteiger partial charge in [-0.25, -0.2) is 0 Å². The molecule has 0 spiro atoms. The summed E-state index contributed by atoms with van der Waals surface area (Å²) in [5, 5.41) is 2.94. The molecule has 0 heterocycles. The zero-order valence-corrected chi connectivity index (χ0v) is 8.38. The van der Waals surface area contributed by atoms with Crippen LogP contribution in [0.15, 0.2) is 0 Å². The van der Waals surface area contributed by atoms with Crippen molar-refractivity contribution in [1.29, 1.82) is 0 Å². The van der Waals surface area contributed by atoms with E-state index in [1.54, 1.807) is 0 Å². The molecule has 76 valence electrons. The molecule has 3 N–H and O–H groups in total. The van der Waals surface area contributed by atoms with Crippen LogP contribution in [0.2, 0.25) is 0 Å². The first-order valence-electron chi connectivity index (χ1n) is 5.20. The maximum atomic E-state index is 11.2. The second-order valence-corrected chi connectivity index (χ2v) is 4.14. The van der Waals surface area contributed by atoms with Gasteiger partial charge < -0.3 is 11.1 Å². The third-order valence-corrected chi connectivity index (χ3v) is 2.57. The normalized spacial score (nSPS) is 20.2. The predicted molar refractivity (Wildman–Crippen MR) is 53.2 cm³/mol.